The summed E-state index contributed by atoms with van der Waals surface area (Å²) in [6, 6.07) is 9.52. The maximum absolute atomic E-state index is 12.1. The lowest BCUT2D eigenvalue weighted by molar-refractivity contribution is -0.126. The van der Waals surface area contributed by atoms with E-state index in [4.69, 9.17) is 5.73 Å². The molecular weight excluding hydrogens is 236 g/mol. The molecule has 0 aliphatic carbocycles. The van der Waals surface area contributed by atoms with E-state index >= 15 is 0 Å². The van der Waals surface area contributed by atoms with Crippen molar-refractivity contribution in [2.24, 2.45) is 11.1 Å². The molecule has 0 atom stereocenters. The lowest BCUT2D eigenvalue weighted by Crippen LogP contribution is -2.41. The second kappa shape index (κ2) is 6.96. The maximum atomic E-state index is 12.1. The molecule has 19 heavy (non-hydrogen) atoms. The summed E-state index contributed by atoms with van der Waals surface area (Å²) in [5.74, 6) is 5.44. The van der Waals surface area contributed by atoms with E-state index in [1.165, 1.54) is 0 Å². The first-order chi connectivity index (χ1) is 8.98. The Hall–Kier alpha value is -1.79. The van der Waals surface area contributed by atoms with Crippen molar-refractivity contribution in [3.63, 3.8) is 0 Å². The van der Waals surface area contributed by atoms with Gasteiger partial charge in [-0.1, -0.05) is 38.0 Å². The van der Waals surface area contributed by atoms with Gasteiger partial charge in [0.25, 0.3) is 5.91 Å². The summed E-state index contributed by atoms with van der Waals surface area (Å²) in [7, 11) is 0. The standard InChI is InChI=1S/C16H22N2O/c1-4-18(13-16(2,3)12-17)15(19)11-10-14-8-6-5-7-9-14/h5-9H,4,12-13,17H2,1-3H3. The molecule has 0 radical (unpaired) electrons. The summed E-state index contributed by atoms with van der Waals surface area (Å²) >= 11 is 0. The van der Waals surface area contributed by atoms with E-state index in [2.05, 4.69) is 11.8 Å². The van der Waals surface area contributed by atoms with Gasteiger partial charge in [-0.25, -0.2) is 0 Å². The van der Waals surface area contributed by atoms with Gasteiger partial charge in [0, 0.05) is 24.6 Å². The van der Waals surface area contributed by atoms with Gasteiger partial charge in [-0.05, 0) is 31.0 Å². The summed E-state index contributed by atoms with van der Waals surface area (Å²) in [4.78, 5) is 13.8. The van der Waals surface area contributed by atoms with Gasteiger partial charge in [-0.2, -0.15) is 0 Å². The van der Waals surface area contributed by atoms with Crippen molar-refractivity contribution in [3.05, 3.63) is 35.9 Å². The Labute approximate surface area is 115 Å². The molecular formula is C16H22N2O. The Morgan fingerprint density at radius 1 is 1.32 bits per heavy atom. The number of nitrogens with two attached hydrogens (primary N) is 1. The van der Waals surface area contributed by atoms with Crippen LogP contribution in [-0.4, -0.2) is 30.4 Å². The van der Waals surface area contributed by atoms with E-state index in [1.54, 1.807) is 4.90 Å². The van der Waals surface area contributed by atoms with Gasteiger partial charge in [-0.3, -0.25) is 4.79 Å². The number of amides is 1. The van der Waals surface area contributed by atoms with Gasteiger partial charge < -0.3 is 10.6 Å². The number of carbonyl (C=O) groups excluding carboxylic acids is 1. The van der Waals surface area contributed by atoms with Crippen LogP contribution in [0.15, 0.2) is 30.3 Å². The largest absolute Gasteiger partial charge is 0.332 e. The van der Waals surface area contributed by atoms with Crippen LogP contribution in [0, 0.1) is 17.3 Å². The SMILES string of the molecule is CCN(CC(C)(C)CN)C(=O)C#Cc1ccccc1. The third-order valence-electron chi connectivity index (χ3n) is 2.93. The van der Waals surface area contributed by atoms with Gasteiger partial charge in [0.2, 0.25) is 0 Å². The molecule has 0 unspecified atom stereocenters. The number of benzene rings is 1. The van der Waals surface area contributed by atoms with Crippen molar-refractivity contribution in [2.45, 2.75) is 20.8 Å². The molecule has 3 heteroatoms. The number of rotatable bonds is 4. The van der Waals surface area contributed by atoms with Crippen molar-refractivity contribution in [1.29, 1.82) is 0 Å². The number of carbonyl (C=O) groups is 1. The molecule has 0 fully saturated rings. The summed E-state index contributed by atoms with van der Waals surface area (Å²) in [5.41, 5.74) is 6.47. The smallest absolute Gasteiger partial charge is 0.298 e. The zero-order chi connectivity index (χ0) is 14.3. The first-order valence-electron chi connectivity index (χ1n) is 6.54. The first kappa shape index (κ1) is 15.3. The first-order valence-corrected chi connectivity index (χ1v) is 6.54. The molecule has 3 nitrogen and oxygen atoms in total. The van der Waals surface area contributed by atoms with Crippen LogP contribution in [0.2, 0.25) is 0 Å². The Morgan fingerprint density at radius 2 is 1.95 bits per heavy atom. The van der Waals surface area contributed by atoms with Gasteiger partial charge in [-0.15, -0.1) is 0 Å². The zero-order valence-electron chi connectivity index (χ0n) is 11.9. The minimum atomic E-state index is -0.145. The molecule has 1 rings (SSSR count). The quantitative estimate of drug-likeness (QED) is 0.838. The lowest BCUT2D eigenvalue weighted by atomic mass is 9.93. The molecule has 0 aliphatic rings. The Balaban J connectivity index is 2.73. The van der Waals surface area contributed by atoms with Crippen molar-refractivity contribution in [1.82, 2.24) is 4.90 Å². The highest BCUT2D eigenvalue weighted by Crippen LogP contribution is 2.14. The summed E-state index contributed by atoms with van der Waals surface area (Å²) in [6.45, 7) is 7.87. The minimum Gasteiger partial charge on any atom is -0.332 e. The molecule has 1 aromatic carbocycles. The number of hydrogen-bond donors (Lipinski definition) is 1. The molecule has 2 N–H and O–H groups in total. The molecule has 0 saturated carbocycles. The number of hydrogen-bond acceptors (Lipinski definition) is 2. The fraction of sp³-hybridized carbons (Fsp3) is 0.438. The van der Waals surface area contributed by atoms with Gasteiger partial charge in [0.15, 0.2) is 0 Å². The lowest BCUT2D eigenvalue weighted by Gasteiger charge is -2.29. The second-order valence-corrected chi connectivity index (χ2v) is 5.30. The molecule has 0 spiro atoms. The summed E-state index contributed by atoms with van der Waals surface area (Å²) in [6.07, 6.45) is 0. The van der Waals surface area contributed by atoms with E-state index < -0.39 is 0 Å². The molecule has 102 valence electrons. The maximum Gasteiger partial charge on any atom is 0.298 e. The van der Waals surface area contributed by atoms with Crippen LogP contribution >= 0.6 is 0 Å². The van der Waals surface area contributed by atoms with Crippen LogP contribution in [0.25, 0.3) is 0 Å². The number of nitrogens with zero attached hydrogens (tertiary/aromatic N) is 1. The fourth-order valence-electron chi connectivity index (χ4n) is 1.63. The fourth-order valence-corrected chi connectivity index (χ4v) is 1.63. The van der Waals surface area contributed by atoms with Crippen LogP contribution in [0.3, 0.4) is 0 Å². The molecule has 0 saturated heterocycles. The zero-order valence-corrected chi connectivity index (χ0v) is 11.9. The van der Waals surface area contributed by atoms with Crippen molar-refractivity contribution in [3.8, 4) is 11.8 Å². The molecule has 1 aromatic rings. The normalized spacial score (nSPS) is 10.5. The molecule has 0 bridgehead atoms. The van der Waals surface area contributed by atoms with Crippen molar-refractivity contribution < 1.29 is 4.79 Å². The molecule has 0 heterocycles. The molecule has 1 amide bonds. The van der Waals surface area contributed by atoms with Gasteiger partial charge >= 0.3 is 0 Å². The van der Waals surface area contributed by atoms with Crippen LogP contribution in [0.5, 0.6) is 0 Å². The van der Waals surface area contributed by atoms with E-state index in [9.17, 15) is 4.79 Å². The van der Waals surface area contributed by atoms with Crippen LogP contribution in [-0.2, 0) is 4.79 Å². The highest BCUT2D eigenvalue weighted by molar-refractivity contribution is 5.94. The summed E-state index contributed by atoms with van der Waals surface area (Å²) < 4.78 is 0. The van der Waals surface area contributed by atoms with Crippen LogP contribution < -0.4 is 5.73 Å². The second-order valence-electron chi connectivity index (χ2n) is 5.30. The van der Waals surface area contributed by atoms with E-state index in [-0.39, 0.29) is 11.3 Å². The van der Waals surface area contributed by atoms with Gasteiger partial charge in [0.1, 0.15) is 0 Å². The Kier molecular flexibility index (Phi) is 5.59. The third-order valence-corrected chi connectivity index (χ3v) is 2.93. The van der Waals surface area contributed by atoms with Crippen molar-refractivity contribution >= 4 is 5.91 Å². The van der Waals surface area contributed by atoms with Crippen LogP contribution in [0.1, 0.15) is 26.3 Å². The van der Waals surface area contributed by atoms with Gasteiger partial charge in [0.05, 0.1) is 0 Å². The Bertz CT molecular complexity index is 469. The minimum absolute atomic E-state index is 0.0832. The Morgan fingerprint density at radius 3 is 2.47 bits per heavy atom. The highest BCUT2D eigenvalue weighted by atomic mass is 16.2. The van der Waals surface area contributed by atoms with Crippen LogP contribution in [0.4, 0.5) is 0 Å². The molecule has 0 aliphatic heterocycles. The average molecular weight is 258 g/mol. The van der Waals surface area contributed by atoms with E-state index in [1.807, 2.05) is 51.1 Å². The predicted molar refractivity (Wildman–Crippen MR) is 78.4 cm³/mol. The average Bonchev–Trinajstić information content (AvgIpc) is 2.43. The third kappa shape index (κ3) is 5.15. The molecule has 0 aromatic heterocycles. The van der Waals surface area contributed by atoms with E-state index in [0.717, 1.165) is 5.56 Å². The highest BCUT2D eigenvalue weighted by Gasteiger charge is 2.21. The topological polar surface area (TPSA) is 46.3 Å². The van der Waals surface area contributed by atoms with Crippen molar-refractivity contribution in [2.75, 3.05) is 19.6 Å². The summed E-state index contributed by atoms with van der Waals surface area (Å²) in [5, 5.41) is 0. The monoisotopic (exact) mass is 258 g/mol. The van der Waals surface area contributed by atoms with E-state index in [0.29, 0.717) is 19.6 Å². The predicted octanol–water partition coefficient (Wildman–Crippen LogP) is 1.87.